The lowest BCUT2D eigenvalue weighted by Crippen LogP contribution is -2.39. The van der Waals surface area contributed by atoms with Crippen molar-refractivity contribution in [2.24, 2.45) is 17.6 Å². The molecule has 3 nitrogen and oxygen atoms in total. The molecule has 2 fully saturated rings. The normalized spacial score (nSPS) is 24.5. The van der Waals surface area contributed by atoms with E-state index in [2.05, 4.69) is 5.32 Å². The Morgan fingerprint density at radius 3 is 2.60 bits per heavy atom. The number of benzene rings is 1. The van der Waals surface area contributed by atoms with Crippen molar-refractivity contribution in [3.05, 3.63) is 35.4 Å². The number of alkyl halides is 3. The fraction of sp³-hybridized carbons (Fsp3) is 0.611. The number of carbonyl (C=O) groups excluding carboxylic acids is 1. The van der Waals surface area contributed by atoms with Crippen molar-refractivity contribution in [1.82, 2.24) is 5.32 Å². The van der Waals surface area contributed by atoms with Gasteiger partial charge in [-0.25, -0.2) is 0 Å². The van der Waals surface area contributed by atoms with Gasteiger partial charge in [0.15, 0.2) is 0 Å². The van der Waals surface area contributed by atoms with Crippen molar-refractivity contribution in [3.8, 4) is 0 Å². The van der Waals surface area contributed by atoms with Crippen molar-refractivity contribution in [2.75, 3.05) is 13.1 Å². The highest BCUT2D eigenvalue weighted by atomic mass is 35.5. The molecule has 0 unspecified atom stereocenters. The summed E-state index contributed by atoms with van der Waals surface area (Å²) in [6, 6.07) is 5.48. The Kier molecular flexibility index (Phi) is 6.05. The van der Waals surface area contributed by atoms with Gasteiger partial charge in [-0.05, 0) is 49.8 Å². The van der Waals surface area contributed by atoms with E-state index >= 15 is 0 Å². The van der Waals surface area contributed by atoms with E-state index in [0.29, 0.717) is 18.7 Å². The molecule has 25 heavy (non-hydrogen) atoms. The van der Waals surface area contributed by atoms with Crippen LogP contribution in [0.4, 0.5) is 13.2 Å². The van der Waals surface area contributed by atoms with Gasteiger partial charge in [-0.3, -0.25) is 4.79 Å². The van der Waals surface area contributed by atoms with Crippen LogP contribution in [0.15, 0.2) is 24.3 Å². The van der Waals surface area contributed by atoms with Gasteiger partial charge in [-0.2, -0.15) is 13.2 Å². The van der Waals surface area contributed by atoms with Crippen LogP contribution in [-0.4, -0.2) is 19.0 Å². The predicted molar refractivity (Wildman–Crippen MR) is 92.5 cm³/mol. The molecule has 140 valence electrons. The first-order valence-electron chi connectivity index (χ1n) is 8.51. The maximum atomic E-state index is 12.9. The second kappa shape index (κ2) is 7.54. The number of hydrogen-bond donors (Lipinski definition) is 2. The van der Waals surface area contributed by atoms with E-state index in [-0.39, 0.29) is 35.6 Å². The maximum absolute atomic E-state index is 12.9. The minimum Gasteiger partial charge on any atom is -0.355 e. The van der Waals surface area contributed by atoms with E-state index in [1.165, 1.54) is 12.1 Å². The summed E-state index contributed by atoms with van der Waals surface area (Å²) in [6.07, 6.45) is 0.114. The number of nitrogens with one attached hydrogen (secondary N) is 1. The minimum absolute atomic E-state index is 0. The molecule has 2 saturated carbocycles. The summed E-state index contributed by atoms with van der Waals surface area (Å²) in [4.78, 5) is 12.4. The highest BCUT2D eigenvalue weighted by Gasteiger charge is 2.46. The Balaban J connectivity index is 0.00000225. The third kappa shape index (κ3) is 4.29. The molecule has 0 saturated heterocycles. The largest absolute Gasteiger partial charge is 0.416 e. The quantitative estimate of drug-likeness (QED) is 0.824. The van der Waals surface area contributed by atoms with Crippen LogP contribution < -0.4 is 11.1 Å². The smallest absolute Gasteiger partial charge is 0.355 e. The molecule has 1 amide bonds. The summed E-state index contributed by atoms with van der Waals surface area (Å²) >= 11 is 0. The van der Waals surface area contributed by atoms with E-state index in [4.69, 9.17) is 5.73 Å². The summed E-state index contributed by atoms with van der Waals surface area (Å²) in [5, 5.41) is 2.97. The Morgan fingerprint density at radius 1 is 1.28 bits per heavy atom. The van der Waals surface area contributed by atoms with Crippen LogP contribution in [0.5, 0.6) is 0 Å². The van der Waals surface area contributed by atoms with Gasteiger partial charge in [0, 0.05) is 17.9 Å². The first kappa shape index (κ1) is 20.0. The zero-order valence-corrected chi connectivity index (χ0v) is 14.8. The molecule has 0 bridgehead atoms. The standard InChI is InChI=1S/C18H23F3N2O.ClH/c19-18(20,21)14-5-2-4-13(9-14)17(7-8-17)11-23-16(24)15-6-1-3-12(15)10-22;/h2,4-5,9,12,15H,1,3,6-8,10-11,22H2,(H,23,24);1H/t12-,15-;/m1./s1. The van der Waals surface area contributed by atoms with Gasteiger partial charge >= 0.3 is 6.18 Å². The third-order valence-electron chi connectivity index (χ3n) is 5.56. The molecule has 0 aliphatic heterocycles. The summed E-state index contributed by atoms with van der Waals surface area (Å²) in [5.74, 6) is 0.183. The summed E-state index contributed by atoms with van der Waals surface area (Å²) < 4.78 is 38.7. The number of rotatable bonds is 5. The summed E-state index contributed by atoms with van der Waals surface area (Å²) in [7, 11) is 0. The SMILES string of the molecule is Cl.NC[C@H]1CCC[C@H]1C(=O)NCC1(c2cccc(C(F)(F)F)c2)CC1. The highest BCUT2D eigenvalue weighted by Crippen LogP contribution is 2.48. The zero-order valence-electron chi connectivity index (χ0n) is 13.9. The van der Waals surface area contributed by atoms with Gasteiger partial charge in [0.25, 0.3) is 0 Å². The fourth-order valence-electron chi connectivity index (χ4n) is 3.80. The minimum atomic E-state index is -4.34. The van der Waals surface area contributed by atoms with Gasteiger partial charge in [0.2, 0.25) is 5.91 Å². The molecule has 1 aromatic rings. The van der Waals surface area contributed by atoms with Crippen molar-refractivity contribution in [3.63, 3.8) is 0 Å². The van der Waals surface area contributed by atoms with Crippen molar-refractivity contribution in [1.29, 1.82) is 0 Å². The topological polar surface area (TPSA) is 55.1 Å². The van der Waals surface area contributed by atoms with Crippen LogP contribution in [-0.2, 0) is 16.4 Å². The van der Waals surface area contributed by atoms with Gasteiger partial charge in [0.05, 0.1) is 5.56 Å². The molecule has 3 N–H and O–H groups in total. The molecular formula is C18H24ClF3N2O. The molecule has 0 radical (unpaired) electrons. The Labute approximate surface area is 152 Å². The lowest BCUT2D eigenvalue weighted by molar-refractivity contribution is -0.137. The molecule has 2 atom stereocenters. The maximum Gasteiger partial charge on any atom is 0.416 e. The van der Waals surface area contributed by atoms with E-state index in [1.54, 1.807) is 6.07 Å². The lowest BCUT2D eigenvalue weighted by atomic mass is 9.92. The molecule has 0 aromatic heterocycles. The highest BCUT2D eigenvalue weighted by molar-refractivity contribution is 5.85. The Hall–Kier alpha value is -1.27. The average molecular weight is 377 g/mol. The van der Waals surface area contributed by atoms with E-state index in [9.17, 15) is 18.0 Å². The molecule has 2 aliphatic carbocycles. The lowest BCUT2D eigenvalue weighted by Gasteiger charge is -2.22. The van der Waals surface area contributed by atoms with E-state index < -0.39 is 11.7 Å². The molecule has 0 spiro atoms. The van der Waals surface area contributed by atoms with Crippen LogP contribution in [0.3, 0.4) is 0 Å². The number of carbonyl (C=O) groups is 1. The predicted octanol–water partition coefficient (Wildman–Crippen LogP) is 3.65. The Bertz CT molecular complexity index is 617. The summed E-state index contributed by atoms with van der Waals surface area (Å²) in [5.41, 5.74) is 5.42. The van der Waals surface area contributed by atoms with Crippen molar-refractivity contribution >= 4 is 18.3 Å². The van der Waals surface area contributed by atoms with E-state index in [0.717, 1.165) is 38.2 Å². The molecular weight excluding hydrogens is 353 g/mol. The summed E-state index contributed by atoms with van der Waals surface area (Å²) in [6.45, 7) is 0.914. The monoisotopic (exact) mass is 376 g/mol. The van der Waals surface area contributed by atoms with Gasteiger partial charge < -0.3 is 11.1 Å². The van der Waals surface area contributed by atoms with Crippen LogP contribution in [0.25, 0.3) is 0 Å². The average Bonchev–Trinajstić information content (AvgIpc) is 3.20. The molecule has 1 aromatic carbocycles. The number of amides is 1. The van der Waals surface area contributed by atoms with Crippen LogP contribution in [0, 0.1) is 11.8 Å². The fourth-order valence-corrected chi connectivity index (χ4v) is 3.80. The Morgan fingerprint density at radius 2 is 2.00 bits per heavy atom. The van der Waals surface area contributed by atoms with Gasteiger partial charge in [-0.15, -0.1) is 12.4 Å². The van der Waals surface area contributed by atoms with E-state index in [1.807, 2.05) is 0 Å². The van der Waals surface area contributed by atoms with Crippen LogP contribution >= 0.6 is 12.4 Å². The van der Waals surface area contributed by atoms with Crippen molar-refractivity contribution in [2.45, 2.75) is 43.7 Å². The van der Waals surface area contributed by atoms with Crippen molar-refractivity contribution < 1.29 is 18.0 Å². The number of halogens is 4. The molecule has 2 aliphatic rings. The number of hydrogen-bond acceptors (Lipinski definition) is 2. The first-order valence-corrected chi connectivity index (χ1v) is 8.51. The second-order valence-corrected chi connectivity index (χ2v) is 7.11. The third-order valence-corrected chi connectivity index (χ3v) is 5.56. The number of nitrogens with two attached hydrogens (primary N) is 1. The molecule has 3 rings (SSSR count). The van der Waals surface area contributed by atoms with Gasteiger partial charge in [0.1, 0.15) is 0 Å². The van der Waals surface area contributed by atoms with Gasteiger partial charge in [-0.1, -0.05) is 24.6 Å². The zero-order chi connectivity index (χ0) is 17.4. The molecule has 7 heteroatoms. The van der Waals surface area contributed by atoms with Crippen LogP contribution in [0.2, 0.25) is 0 Å². The first-order chi connectivity index (χ1) is 11.4. The second-order valence-electron chi connectivity index (χ2n) is 7.11. The van der Waals surface area contributed by atoms with Crippen LogP contribution in [0.1, 0.15) is 43.2 Å². The molecule has 0 heterocycles.